The van der Waals surface area contributed by atoms with E-state index in [1.807, 2.05) is 0 Å². The van der Waals surface area contributed by atoms with Crippen molar-refractivity contribution < 1.29 is 9.90 Å². The standard InChI is InChI=1S/C15H28N2O2/c1-2-8-16-14(15(18)19)7-9-17(10-12-3-4-12)11-13-5-6-13/h12-14,16H,2-11H2,1H3,(H,18,19). The minimum Gasteiger partial charge on any atom is -0.480 e. The van der Waals surface area contributed by atoms with E-state index in [0.29, 0.717) is 0 Å². The van der Waals surface area contributed by atoms with Crippen molar-refractivity contribution in [3.8, 4) is 0 Å². The normalized spacial score (nSPS) is 20.7. The van der Waals surface area contributed by atoms with Gasteiger partial charge in [0.25, 0.3) is 0 Å². The topological polar surface area (TPSA) is 52.6 Å². The van der Waals surface area contributed by atoms with E-state index >= 15 is 0 Å². The Labute approximate surface area is 116 Å². The molecule has 0 amide bonds. The molecule has 19 heavy (non-hydrogen) atoms. The second-order valence-electron chi connectivity index (χ2n) is 6.28. The molecule has 0 bridgehead atoms. The van der Waals surface area contributed by atoms with E-state index in [1.54, 1.807) is 0 Å². The Balaban J connectivity index is 1.72. The third-order valence-electron chi connectivity index (χ3n) is 4.10. The third kappa shape index (κ3) is 5.91. The Morgan fingerprint density at radius 2 is 1.84 bits per heavy atom. The molecule has 4 heteroatoms. The van der Waals surface area contributed by atoms with E-state index in [0.717, 1.165) is 37.8 Å². The molecule has 0 saturated heterocycles. The van der Waals surface area contributed by atoms with Crippen LogP contribution in [0.1, 0.15) is 45.4 Å². The molecule has 2 rings (SSSR count). The molecule has 0 aromatic heterocycles. The Hall–Kier alpha value is -0.610. The Morgan fingerprint density at radius 3 is 2.26 bits per heavy atom. The van der Waals surface area contributed by atoms with Gasteiger partial charge in [-0.25, -0.2) is 0 Å². The number of carbonyl (C=O) groups is 1. The van der Waals surface area contributed by atoms with Crippen LogP contribution in [-0.4, -0.2) is 48.2 Å². The number of carboxylic acid groups (broad SMARTS) is 1. The molecule has 2 aliphatic carbocycles. The number of rotatable bonds is 11. The SMILES string of the molecule is CCCNC(CCN(CC1CC1)CC1CC1)C(=O)O. The lowest BCUT2D eigenvalue weighted by Crippen LogP contribution is -2.41. The van der Waals surface area contributed by atoms with Gasteiger partial charge in [-0.2, -0.15) is 0 Å². The van der Waals surface area contributed by atoms with Gasteiger partial charge in [0.2, 0.25) is 0 Å². The van der Waals surface area contributed by atoms with Crippen molar-refractivity contribution in [1.82, 2.24) is 10.2 Å². The summed E-state index contributed by atoms with van der Waals surface area (Å²) in [5.41, 5.74) is 0. The fourth-order valence-corrected chi connectivity index (χ4v) is 2.53. The van der Waals surface area contributed by atoms with Crippen LogP contribution in [0.3, 0.4) is 0 Å². The first-order valence-electron chi connectivity index (χ1n) is 7.87. The van der Waals surface area contributed by atoms with E-state index in [9.17, 15) is 9.90 Å². The highest BCUT2D eigenvalue weighted by atomic mass is 16.4. The van der Waals surface area contributed by atoms with Crippen molar-refractivity contribution in [1.29, 1.82) is 0 Å². The average Bonchev–Trinajstić information content (AvgIpc) is 3.24. The van der Waals surface area contributed by atoms with Crippen LogP contribution >= 0.6 is 0 Å². The number of nitrogens with zero attached hydrogens (tertiary/aromatic N) is 1. The van der Waals surface area contributed by atoms with Crippen molar-refractivity contribution in [2.45, 2.75) is 51.5 Å². The molecule has 2 fully saturated rings. The van der Waals surface area contributed by atoms with Crippen LogP contribution in [-0.2, 0) is 4.79 Å². The molecule has 2 aliphatic rings. The number of carboxylic acids is 1. The van der Waals surface area contributed by atoms with Gasteiger partial charge in [-0.3, -0.25) is 4.79 Å². The minimum absolute atomic E-state index is 0.374. The number of hydrogen-bond acceptors (Lipinski definition) is 3. The lowest BCUT2D eigenvalue weighted by atomic mass is 10.1. The molecule has 0 aliphatic heterocycles. The molecule has 4 nitrogen and oxygen atoms in total. The first-order chi connectivity index (χ1) is 9.19. The highest BCUT2D eigenvalue weighted by molar-refractivity contribution is 5.73. The summed E-state index contributed by atoms with van der Waals surface area (Å²) in [7, 11) is 0. The summed E-state index contributed by atoms with van der Waals surface area (Å²) in [5, 5.41) is 12.4. The zero-order valence-corrected chi connectivity index (χ0v) is 12.1. The largest absolute Gasteiger partial charge is 0.480 e. The molecule has 0 heterocycles. The molecular weight excluding hydrogens is 240 g/mol. The summed E-state index contributed by atoms with van der Waals surface area (Å²) in [6, 6.07) is -0.374. The van der Waals surface area contributed by atoms with Crippen LogP contribution in [0, 0.1) is 11.8 Å². The van der Waals surface area contributed by atoms with E-state index in [1.165, 1.54) is 38.8 Å². The molecule has 2 N–H and O–H groups in total. The fourth-order valence-electron chi connectivity index (χ4n) is 2.53. The molecule has 1 unspecified atom stereocenters. The van der Waals surface area contributed by atoms with E-state index < -0.39 is 5.97 Å². The van der Waals surface area contributed by atoms with Crippen LogP contribution in [0.15, 0.2) is 0 Å². The number of nitrogens with one attached hydrogen (secondary N) is 1. The Morgan fingerprint density at radius 1 is 1.26 bits per heavy atom. The van der Waals surface area contributed by atoms with Crippen molar-refractivity contribution in [3.05, 3.63) is 0 Å². The molecule has 1 atom stereocenters. The predicted octanol–water partition coefficient (Wildman–Crippen LogP) is 1.95. The Kier molecular flexibility index (Phi) is 5.64. The minimum atomic E-state index is -0.703. The summed E-state index contributed by atoms with van der Waals surface area (Å²) in [4.78, 5) is 13.7. The number of aliphatic carboxylic acids is 1. The van der Waals surface area contributed by atoms with Crippen molar-refractivity contribution in [2.75, 3.05) is 26.2 Å². The monoisotopic (exact) mass is 268 g/mol. The van der Waals surface area contributed by atoms with Crippen LogP contribution in [0.5, 0.6) is 0 Å². The van der Waals surface area contributed by atoms with E-state index in [4.69, 9.17) is 0 Å². The van der Waals surface area contributed by atoms with Gasteiger partial charge in [-0.1, -0.05) is 6.92 Å². The first-order valence-corrected chi connectivity index (χ1v) is 7.87. The van der Waals surface area contributed by atoms with Gasteiger partial charge >= 0.3 is 5.97 Å². The molecule has 0 radical (unpaired) electrons. The van der Waals surface area contributed by atoms with Crippen molar-refractivity contribution in [2.24, 2.45) is 11.8 Å². The predicted molar refractivity (Wildman–Crippen MR) is 76.2 cm³/mol. The van der Waals surface area contributed by atoms with Crippen molar-refractivity contribution in [3.63, 3.8) is 0 Å². The van der Waals surface area contributed by atoms with Gasteiger partial charge in [-0.05, 0) is 56.9 Å². The summed E-state index contributed by atoms with van der Waals surface area (Å²) in [5.74, 6) is 1.09. The quantitative estimate of drug-likeness (QED) is 0.601. The fraction of sp³-hybridized carbons (Fsp3) is 0.933. The third-order valence-corrected chi connectivity index (χ3v) is 4.10. The molecule has 0 aromatic carbocycles. The number of hydrogen-bond donors (Lipinski definition) is 2. The summed E-state index contributed by atoms with van der Waals surface area (Å²) < 4.78 is 0. The molecule has 110 valence electrons. The second kappa shape index (κ2) is 7.25. The molecule has 0 spiro atoms. The van der Waals surface area contributed by atoms with Gasteiger partial charge in [-0.15, -0.1) is 0 Å². The first kappa shape index (κ1) is 14.8. The van der Waals surface area contributed by atoms with Crippen LogP contribution in [0.25, 0.3) is 0 Å². The summed E-state index contributed by atoms with van der Waals surface area (Å²) >= 11 is 0. The maximum atomic E-state index is 11.2. The average molecular weight is 268 g/mol. The second-order valence-corrected chi connectivity index (χ2v) is 6.28. The van der Waals surface area contributed by atoms with Gasteiger partial charge in [0, 0.05) is 19.6 Å². The van der Waals surface area contributed by atoms with Gasteiger partial charge in [0.1, 0.15) is 6.04 Å². The lowest BCUT2D eigenvalue weighted by molar-refractivity contribution is -0.139. The molecular formula is C15H28N2O2. The maximum absolute atomic E-state index is 11.2. The van der Waals surface area contributed by atoms with E-state index in [-0.39, 0.29) is 6.04 Å². The Bertz CT molecular complexity index is 274. The lowest BCUT2D eigenvalue weighted by Gasteiger charge is -2.24. The zero-order chi connectivity index (χ0) is 13.7. The highest BCUT2D eigenvalue weighted by Crippen LogP contribution is 2.33. The maximum Gasteiger partial charge on any atom is 0.320 e. The molecule has 0 aromatic rings. The van der Waals surface area contributed by atoms with Gasteiger partial charge < -0.3 is 15.3 Å². The summed E-state index contributed by atoms with van der Waals surface area (Å²) in [6.45, 7) is 6.18. The molecule has 2 saturated carbocycles. The van der Waals surface area contributed by atoms with E-state index in [2.05, 4.69) is 17.1 Å². The van der Waals surface area contributed by atoms with Crippen LogP contribution < -0.4 is 5.32 Å². The van der Waals surface area contributed by atoms with Gasteiger partial charge in [0.05, 0.1) is 0 Å². The van der Waals surface area contributed by atoms with Crippen molar-refractivity contribution >= 4 is 5.97 Å². The van der Waals surface area contributed by atoms with Crippen LogP contribution in [0.2, 0.25) is 0 Å². The smallest absolute Gasteiger partial charge is 0.320 e. The zero-order valence-electron chi connectivity index (χ0n) is 12.1. The summed E-state index contributed by atoms with van der Waals surface area (Å²) in [6.07, 6.45) is 7.21. The van der Waals surface area contributed by atoms with Gasteiger partial charge in [0.15, 0.2) is 0 Å². The van der Waals surface area contributed by atoms with Crippen LogP contribution in [0.4, 0.5) is 0 Å². The highest BCUT2D eigenvalue weighted by Gasteiger charge is 2.29.